The fourth-order valence-corrected chi connectivity index (χ4v) is 2.44. The third-order valence-corrected chi connectivity index (χ3v) is 3.48. The van der Waals surface area contributed by atoms with Crippen molar-refractivity contribution < 1.29 is 20.1 Å². The zero-order chi connectivity index (χ0) is 15.3. The number of H-pyrrole nitrogens is 1. The van der Waals surface area contributed by atoms with Crippen LogP contribution in [0.4, 0.5) is 5.95 Å². The van der Waals surface area contributed by atoms with Crippen molar-refractivity contribution in [1.82, 2.24) is 19.5 Å². The first-order chi connectivity index (χ1) is 9.90. The molecule has 0 spiro atoms. The number of ether oxygens (including phenoxy) is 1. The highest BCUT2D eigenvalue weighted by Crippen LogP contribution is 2.32. The number of aliphatic hydroxyl groups is 3. The van der Waals surface area contributed by atoms with Crippen molar-refractivity contribution in [3.05, 3.63) is 16.7 Å². The van der Waals surface area contributed by atoms with Crippen LogP contribution in [0.2, 0.25) is 0 Å². The van der Waals surface area contributed by atoms with Gasteiger partial charge in [0.2, 0.25) is 5.95 Å². The molecule has 0 amide bonds. The number of nitrogens with one attached hydrogen (secondary N) is 1. The van der Waals surface area contributed by atoms with E-state index in [1.807, 2.05) is 0 Å². The third-order valence-electron chi connectivity index (χ3n) is 3.48. The number of nitrogen functional groups attached to an aromatic ring is 1. The van der Waals surface area contributed by atoms with E-state index in [1.54, 1.807) is 0 Å². The van der Waals surface area contributed by atoms with E-state index in [1.165, 1.54) is 17.8 Å². The molecule has 3 rings (SSSR count). The summed E-state index contributed by atoms with van der Waals surface area (Å²) in [5.41, 5.74) is 5.13. The summed E-state index contributed by atoms with van der Waals surface area (Å²) in [5, 5.41) is 29.5. The van der Waals surface area contributed by atoms with Crippen molar-refractivity contribution in [2.45, 2.75) is 37.6 Å². The number of aromatic nitrogens is 4. The molecular formula is C11H15N5O5. The van der Waals surface area contributed by atoms with Gasteiger partial charge in [0.15, 0.2) is 17.4 Å². The Labute approximate surface area is 117 Å². The molecule has 2 aromatic rings. The maximum atomic E-state index is 11.7. The number of hydrogen-bond donors (Lipinski definition) is 5. The first-order valence-corrected chi connectivity index (χ1v) is 6.32. The van der Waals surface area contributed by atoms with Crippen molar-refractivity contribution in [3.63, 3.8) is 0 Å². The lowest BCUT2D eigenvalue weighted by molar-refractivity contribution is -0.0777. The van der Waals surface area contributed by atoms with Gasteiger partial charge in [-0.2, -0.15) is 4.98 Å². The van der Waals surface area contributed by atoms with E-state index in [-0.39, 0.29) is 17.1 Å². The van der Waals surface area contributed by atoms with Gasteiger partial charge in [0.25, 0.3) is 5.56 Å². The number of fused-ring (bicyclic) bond motifs is 1. The van der Waals surface area contributed by atoms with Crippen LogP contribution in [0.1, 0.15) is 13.2 Å². The molecule has 0 saturated carbocycles. The quantitative estimate of drug-likeness (QED) is 0.414. The summed E-state index contributed by atoms with van der Waals surface area (Å²) < 4.78 is 6.76. The molecule has 0 aromatic carbocycles. The zero-order valence-electron chi connectivity index (χ0n) is 11.0. The van der Waals surface area contributed by atoms with E-state index >= 15 is 0 Å². The normalized spacial score (nSPS) is 30.9. The molecule has 1 fully saturated rings. The smallest absolute Gasteiger partial charge is 0.280 e. The molecule has 21 heavy (non-hydrogen) atoms. The van der Waals surface area contributed by atoms with Crippen molar-refractivity contribution in [2.24, 2.45) is 0 Å². The maximum absolute atomic E-state index is 11.7. The highest BCUT2D eigenvalue weighted by atomic mass is 16.6. The van der Waals surface area contributed by atoms with E-state index in [0.29, 0.717) is 0 Å². The number of nitrogens with zero attached hydrogens (tertiary/aromatic N) is 3. The van der Waals surface area contributed by atoms with Gasteiger partial charge in [0.05, 0.1) is 12.4 Å². The fraction of sp³-hybridized carbons (Fsp3) is 0.545. The average Bonchev–Trinajstić information content (AvgIpc) is 2.93. The van der Waals surface area contributed by atoms with Gasteiger partial charge in [-0.05, 0) is 6.92 Å². The number of rotatable bonds is 2. The molecule has 0 unspecified atom stereocenters. The first-order valence-electron chi connectivity index (χ1n) is 6.32. The predicted molar refractivity (Wildman–Crippen MR) is 70.2 cm³/mol. The minimum atomic E-state index is -1.30. The van der Waals surface area contributed by atoms with Crippen LogP contribution in [0.3, 0.4) is 0 Å². The summed E-state index contributed by atoms with van der Waals surface area (Å²) in [6, 6.07) is 0. The van der Waals surface area contributed by atoms with Crippen molar-refractivity contribution in [2.75, 3.05) is 5.73 Å². The van der Waals surface area contributed by atoms with E-state index < -0.39 is 36.2 Å². The predicted octanol–water partition coefficient (Wildman–Crippen LogP) is -2.30. The van der Waals surface area contributed by atoms with Gasteiger partial charge in [0.1, 0.15) is 18.3 Å². The van der Waals surface area contributed by atoms with Gasteiger partial charge < -0.3 is 25.8 Å². The van der Waals surface area contributed by atoms with Crippen LogP contribution in [0, 0.1) is 0 Å². The molecule has 0 bridgehead atoms. The molecule has 10 heteroatoms. The van der Waals surface area contributed by atoms with Crippen molar-refractivity contribution in [3.8, 4) is 0 Å². The zero-order valence-corrected chi connectivity index (χ0v) is 11.0. The lowest BCUT2D eigenvalue weighted by atomic mass is 10.1. The number of nitrogens with two attached hydrogens (primary N) is 1. The van der Waals surface area contributed by atoms with Gasteiger partial charge in [-0.25, -0.2) is 4.98 Å². The third kappa shape index (κ3) is 2.08. The maximum Gasteiger partial charge on any atom is 0.280 e. The summed E-state index contributed by atoms with van der Waals surface area (Å²) in [7, 11) is 0. The molecule has 2 aromatic heterocycles. The monoisotopic (exact) mass is 297 g/mol. The molecule has 1 aliphatic heterocycles. The standard InChI is InChI=1S/C11H15N5O5/c1-3(17)7-5(18)6(19)10(21-7)16-2-13-4-8(16)14-11(12)15-9(4)20/h2-3,5-7,10,17-19H,1H3,(H3,12,14,15,20)/t3-,5+,6-,7-,10-/m1/s1. The molecule has 114 valence electrons. The van der Waals surface area contributed by atoms with Crippen molar-refractivity contribution in [1.29, 1.82) is 0 Å². The number of aromatic amines is 1. The van der Waals surface area contributed by atoms with Gasteiger partial charge in [-0.1, -0.05) is 0 Å². The van der Waals surface area contributed by atoms with Gasteiger partial charge in [-0.15, -0.1) is 0 Å². The molecule has 1 saturated heterocycles. The molecule has 1 aliphatic rings. The topological polar surface area (TPSA) is 160 Å². The van der Waals surface area contributed by atoms with Crippen LogP contribution in [0.5, 0.6) is 0 Å². The van der Waals surface area contributed by atoms with E-state index in [0.717, 1.165) is 0 Å². The SMILES string of the molecule is C[C@@H](O)[C@H]1O[C@@H](n2cnc3c(=O)[nH]c(N)nc32)[C@H](O)[C@@H]1O. The summed E-state index contributed by atoms with van der Waals surface area (Å²) in [6.07, 6.45) is -4.27. The number of anilines is 1. The number of hydrogen-bond acceptors (Lipinski definition) is 8. The molecule has 0 radical (unpaired) electrons. The molecule has 5 atom stereocenters. The molecule has 3 heterocycles. The Kier molecular flexibility index (Phi) is 3.17. The van der Waals surface area contributed by atoms with E-state index in [4.69, 9.17) is 10.5 Å². The van der Waals surface area contributed by atoms with Crippen LogP contribution < -0.4 is 11.3 Å². The van der Waals surface area contributed by atoms with Gasteiger partial charge >= 0.3 is 0 Å². The Morgan fingerprint density at radius 1 is 1.48 bits per heavy atom. The molecule has 10 nitrogen and oxygen atoms in total. The van der Waals surface area contributed by atoms with Crippen LogP contribution in [-0.2, 0) is 4.74 Å². The van der Waals surface area contributed by atoms with Gasteiger partial charge in [-0.3, -0.25) is 14.3 Å². The Bertz CT molecular complexity index is 725. The minimum absolute atomic E-state index is 0.0370. The molecular weight excluding hydrogens is 282 g/mol. The van der Waals surface area contributed by atoms with Gasteiger partial charge in [0, 0.05) is 0 Å². The Morgan fingerprint density at radius 3 is 2.81 bits per heavy atom. The first kappa shape index (κ1) is 13.9. The fourth-order valence-electron chi connectivity index (χ4n) is 2.44. The second kappa shape index (κ2) is 4.77. The second-order valence-corrected chi connectivity index (χ2v) is 4.99. The minimum Gasteiger partial charge on any atom is -0.391 e. The summed E-state index contributed by atoms with van der Waals surface area (Å²) in [5.74, 6) is -0.102. The second-order valence-electron chi connectivity index (χ2n) is 4.99. The highest BCUT2D eigenvalue weighted by molar-refractivity contribution is 5.70. The Balaban J connectivity index is 2.07. The van der Waals surface area contributed by atoms with E-state index in [2.05, 4.69) is 15.0 Å². The number of imidazole rings is 1. The Morgan fingerprint density at radius 2 is 2.19 bits per heavy atom. The molecule has 0 aliphatic carbocycles. The van der Waals surface area contributed by atoms with Crippen LogP contribution >= 0.6 is 0 Å². The largest absolute Gasteiger partial charge is 0.391 e. The lowest BCUT2D eigenvalue weighted by Crippen LogP contribution is -2.37. The summed E-state index contributed by atoms with van der Waals surface area (Å²) in [6.45, 7) is 1.44. The van der Waals surface area contributed by atoms with Crippen molar-refractivity contribution >= 4 is 17.1 Å². The number of aliphatic hydroxyl groups excluding tert-OH is 3. The van der Waals surface area contributed by atoms with Crippen LogP contribution in [0.25, 0.3) is 11.2 Å². The van der Waals surface area contributed by atoms with E-state index in [9.17, 15) is 20.1 Å². The lowest BCUT2D eigenvalue weighted by Gasteiger charge is -2.17. The highest BCUT2D eigenvalue weighted by Gasteiger charge is 2.46. The summed E-state index contributed by atoms with van der Waals surface area (Å²) >= 11 is 0. The Hall–Kier alpha value is -2.01. The van der Waals surface area contributed by atoms with Crippen LogP contribution in [0.15, 0.2) is 11.1 Å². The summed E-state index contributed by atoms with van der Waals surface area (Å²) in [4.78, 5) is 21.9. The average molecular weight is 297 g/mol. The molecule has 6 N–H and O–H groups in total. The van der Waals surface area contributed by atoms with Crippen LogP contribution in [-0.4, -0.2) is 59.3 Å².